The molecule has 2 aromatic rings. The Bertz CT molecular complexity index is 900. The molecule has 5 nitrogen and oxygen atoms in total. The van der Waals surface area contributed by atoms with Crippen molar-refractivity contribution in [1.82, 2.24) is 4.90 Å². The maximum Gasteiger partial charge on any atom is 0.227 e. The van der Waals surface area contributed by atoms with E-state index < -0.39 is 0 Å². The van der Waals surface area contributed by atoms with Gasteiger partial charge in [0.15, 0.2) is 5.78 Å². The number of methoxy groups -OCH3 is 1. The van der Waals surface area contributed by atoms with Crippen LogP contribution in [0.5, 0.6) is 5.75 Å². The molecule has 1 amide bonds. The first-order valence-corrected chi connectivity index (χ1v) is 10.7. The summed E-state index contributed by atoms with van der Waals surface area (Å²) in [5.74, 6) is 1.27. The van der Waals surface area contributed by atoms with Crippen molar-refractivity contribution in [2.24, 2.45) is 0 Å². The number of hydrogen-bond donors (Lipinski definition) is 0. The van der Waals surface area contributed by atoms with Crippen LogP contribution >= 0.6 is 12.4 Å². The number of anilines is 1. The second kappa shape index (κ2) is 11.9. The molecule has 6 heteroatoms. The van der Waals surface area contributed by atoms with E-state index in [1.165, 1.54) is 5.56 Å². The molecule has 0 unspecified atom stereocenters. The molecule has 0 saturated carbocycles. The van der Waals surface area contributed by atoms with Gasteiger partial charge in [-0.2, -0.15) is 0 Å². The third-order valence-electron chi connectivity index (χ3n) is 5.89. The van der Waals surface area contributed by atoms with Gasteiger partial charge in [-0.3, -0.25) is 9.59 Å². The largest absolute Gasteiger partial charge is 0.496 e. The molecule has 2 aromatic carbocycles. The minimum atomic E-state index is 0. The van der Waals surface area contributed by atoms with Crippen LogP contribution in [0.25, 0.3) is 0 Å². The molecule has 1 heterocycles. The predicted octanol–water partition coefficient (Wildman–Crippen LogP) is 4.55. The van der Waals surface area contributed by atoms with E-state index in [9.17, 15) is 9.59 Å². The molecule has 0 radical (unpaired) electrons. The van der Waals surface area contributed by atoms with E-state index in [2.05, 4.69) is 18.0 Å². The molecule has 0 fully saturated rings. The Labute approximate surface area is 191 Å². The van der Waals surface area contributed by atoms with Crippen LogP contribution in [0.3, 0.4) is 0 Å². The quantitative estimate of drug-likeness (QED) is 0.398. The summed E-state index contributed by atoms with van der Waals surface area (Å²) >= 11 is 0. The number of nitrogens with zero attached hydrogens (tertiary/aromatic N) is 2. The molecule has 31 heavy (non-hydrogen) atoms. The fraction of sp³-hybridized carbons (Fsp3) is 0.440. The van der Waals surface area contributed by atoms with Gasteiger partial charge in [0.1, 0.15) is 5.75 Å². The number of halogens is 1. The summed E-state index contributed by atoms with van der Waals surface area (Å²) in [7, 11) is 5.63. The maximum absolute atomic E-state index is 12.6. The number of carbonyl (C=O) groups excluding carboxylic acids is 2. The van der Waals surface area contributed by atoms with Crippen LogP contribution in [0.2, 0.25) is 0 Å². The molecule has 0 aliphatic carbocycles. The Kier molecular flexibility index (Phi) is 9.53. The molecule has 3 rings (SSSR count). The van der Waals surface area contributed by atoms with E-state index in [4.69, 9.17) is 4.74 Å². The molecule has 168 valence electrons. The number of fused-ring (bicyclic) bond motifs is 1. The van der Waals surface area contributed by atoms with E-state index in [1.54, 1.807) is 19.1 Å². The van der Waals surface area contributed by atoms with Crippen LogP contribution in [0, 0.1) is 0 Å². The van der Waals surface area contributed by atoms with Crippen molar-refractivity contribution in [2.45, 2.75) is 38.5 Å². The van der Waals surface area contributed by atoms with Gasteiger partial charge in [-0.15, -0.1) is 12.4 Å². The van der Waals surface area contributed by atoms with Crippen molar-refractivity contribution in [1.29, 1.82) is 0 Å². The van der Waals surface area contributed by atoms with Crippen molar-refractivity contribution in [3.05, 3.63) is 59.2 Å². The summed E-state index contributed by atoms with van der Waals surface area (Å²) in [4.78, 5) is 28.4. The highest BCUT2D eigenvalue weighted by Crippen LogP contribution is 2.28. The minimum Gasteiger partial charge on any atom is -0.496 e. The van der Waals surface area contributed by atoms with Gasteiger partial charge in [0.05, 0.1) is 7.11 Å². The molecule has 0 saturated heterocycles. The second-order valence-corrected chi connectivity index (χ2v) is 8.04. The van der Waals surface area contributed by atoms with Crippen LogP contribution in [-0.4, -0.2) is 50.9 Å². The number of amides is 1. The summed E-state index contributed by atoms with van der Waals surface area (Å²) in [6.07, 6.45) is 4.63. The summed E-state index contributed by atoms with van der Waals surface area (Å²) in [5.41, 5.74) is 4.02. The van der Waals surface area contributed by atoms with Crippen LogP contribution < -0.4 is 9.64 Å². The fourth-order valence-corrected chi connectivity index (χ4v) is 3.97. The first-order valence-electron chi connectivity index (χ1n) is 10.7. The average molecular weight is 445 g/mol. The van der Waals surface area contributed by atoms with E-state index in [0.29, 0.717) is 12.8 Å². The number of unbranched alkanes of at least 4 members (excludes halogenated alkanes) is 1. The van der Waals surface area contributed by atoms with Crippen LogP contribution in [0.15, 0.2) is 42.5 Å². The number of carbonyl (C=O) groups is 2. The van der Waals surface area contributed by atoms with E-state index in [-0.39, 0.29) is 24.1 Å². The number of Topliss-reactive ketones (excluding diaryl/α,β-unsaturated/α-hetero) is 1. The SMILES string of the molecule is COc1ccccc1CCN(C)CCCCC(=O)c1ccc2c(c1)CCC(=O)N2C.Cl. The number of rotatable bonds is 10. The topological polar surface area (TPSA) is 49.9 Å². The first-order chi connectivity index (χ1) is 14.5. The zero-order valence-electron chi connectivity index (χ0n) is 18.7. The average Bonchev–Trinajstić information content (AvgIpc) is 2.77. The van der Waals surface area contributed by atoms with Crippen LogP contribution in [0.1, 0.15) is 47.2 Å². The van der Waals surface area contributed by atoms with Gasteiger partial charge in [0, 0.05) is 37.7 Å². The Hall–Kier alpha value is -2.37. The fourth-order valence-electron chi connectivity index (χ4n) is 3.97. The lowest BCUT2D eigenvalue weighted by atomic mass is 9.96. The summed E-state index contributed by atoms with van der Waals surface area (Å²) in [6, 6.07) is 13.9. The third kappa shape index (κ3) is 6.55. The third-order valence-corrected chi connectivity index (χ3v) is 5.89. The van der Waals surface area contributed by atoms with Gasteiger partial charge >= 0.3 is 0 Å². The number of ether oxygens (including phenoxy) is 1. The van der Waals surface area contributed by atoms with Crippen molar-refractivity contribution in [2.75, 3.05) is 39.2 Å². The van der Waals surface area contributed by atoms with Gasteiger partial charge in [-0.25, -0.2) is 0 Å². The van der Waals surface area contributed by atoms with Gasteiger partial charge in [-0.05, 0) is 74.7 Å². The van der Waals surface area contributed by atoms with Crippen LogP contribution in [-0.2, 0) is 17.6 Å². The zero-order chi connectivity index (χ0) is 21.5. The lowest BCUT2D eigenvalue weighted by Gasteiger charge is -2.26. The molecule has 0 spiro atoms. The van der Waals surface area contributed by atoms with Gasteiger partial charge < -0.3 is 14.5 Å². The minimum absolute atomic E-state index is 0. The van der Waals surface area contributed by atoms with E-state index in [1.807, 2.05) is 36.4 Å². The zero-order valence-corrected chi connectivity index (χ0v) is 19.5. The summed E-state index contributed by atoms with van der Waals surface area (Å²) in [6.45, 7) is 1.94. The maximum atomic E-state index is 12.6. The molecule has 0 aromatic heterocycles. The normalized spacial score (nSPS) is 13.0. The molecular weight excluding hydrogens is 412 g/mol. The molecule has 0 bridgehead atoms. The van der Waals surface area contributed by atoms with Crippen molar-refractivity contribution in [3.63, 3.8) is 0 Å². The molecule has 0 atom stereocenters. The second-order valence-electron chi connectivity index (χ2n) is 8.04. The first kappa shape index (κ1) is 24.9. The smallest absolute Gasteiger partial charge is 0.227 e. The summed E-state index contributed by atoms with van der Waals surface area (Å²) < 4.78 is 5.42. The number of benzene rings is 2. The standard InChI is InChI=1S/C25H32N2O3.ClH/c1-26(17-15-19-8-4-5-10-24(19)30-3)16-7-6-9-23(28)21-11-13-22-20(18-21)12-14-25(29)27(22)2;/h4-5,8,10-11,13,18H,6-7,9,12,14-17H2,1-3H3;1H. The van der Waals surface area contributed by atoms with E-state index in [0.717, 1.165) is 61.3 Å². The molecule has 1 aliphatic heterocycles. The van der Waals surface area contributed by atoms with E-state index >= 15 is 0 Å². The summed E-state index contributed by atoms with van der Waals surface area (Å²) in [5, 5.41) is 0. The Morgan fingerprint density at radius 3 is 2.65 bits per heavy atom. The monoisotopic (exact) mass is 444 g/mol. The van der Waals surface area contributed by atoms with Gasteiger partial charge in [0.25, 0.3) is 0 Å². The Morgan fingerprint density at radius 1 is 1.10 bits per heavy atom. The number of likely N-dealkylation sites (N-methyl/N-ethyl adjacent to an activating group) is 1. The number of para-hydroxylation sites is 1. The number of hydrogen-bond acceptors (Lipinski definition) is 4. The highest BCUT2D eigenvalue weighted by Gasteiger charge is 2.21. The lowest BCUT2D eigenvalue weighted by Crippen LogP contribution is -2.31. The Balaban J connectivity index is 0.00000341. The van der Waals surface area contributed by atoms with Crippen molar-refractivity contribution >= 4 is 29.8 Å². The Morgan fingerprint density at radius 2 is 1.87 bits per heavy atom. The highest BCUT2D eigenvalue weighted by atomic mass is 35.5. The molecule has 1 aliphatic rings. The lowest BCUT2D eigenvalue weighted by molar-refractivity contribution is -0.118. The molecule has 0 N–H and O–H groups in total. The molecular formula is C25H33ClN2O3. The number of ketones is 1. The van der Waals surface area contributed by atoms with Crippen molar-refractivity contribution in [3.8, 4) is 5.75 Å². The van der Waals surface area contributed by atoms with Crippen LogP contribution in [0.4, 0.5) is 5.69 Å². The van der Waals surface area contributed by atoms with Gasteiger partial charge in [0.2, 0.25) is 5.91 Å². The van der Waals surface area contributed by atoms with Crippen molar-refractivity contribution < 1.29 is 14.3 Å². The highest BCUT2D eigenvalue weighted by molar-refractivity contribution is 5.99. The van der Waals surface area contributed by atoms with Gasteiger partial charge in [-0.1, -0.05) is 18.2 Å². The number of aryl methyl sites for hydroxylation is 1. The predicted molar refractivity (Wildman–Crippen MR) is 128 cm³/mol.